The molecule has 1 aliphatic carbocycles. The summed E-state index contributed by atoms with van der Waals surface area (Å²) in [5, 5.41) is 9.48. The lowest BCUT2D eigenvalue weighted by atomic mass is 9.92. The molecule has 0 heterocycles. The van der Waals surface area contributed by atoms with Gasteiger partial charge in [0.15, 0.2) is 0 Å². The van der Waals surface area contributed by atoms with Gasteiger partial charge in [-0.25, -0.2) is 0 Å². The van der Waals surface area contributed by atoms with E-state index in [0.29, 0.717) is 19.2 Å². The third kappa shape index (κ3) is 3.54. The van der Waals surface area contributed by atoms with E-state index < -0.39 is 5.54 Å². The van der Waals surface area contributed by atoms with Crippen LogP contribution in [-0.4, -0.2) is 37.7 Å². The number of rotatable bonds is 7. The van der Waals surface area contributed by atoms with Crippen LogP contribution in [0, 0.1) is 11.3 Å². The SMILES string of the molecule is COCCN(CC(N)(C#N)c1ccccc1)C1CC1. The van der Waals surface area contributed by atoms with Gasteiger partial charge in [0.2, 0.25) is 0 Å². The van der Waals surface area contributed by atoms with E-state index in [4.69, 9.17) is 10.5 Å². The second-order valence-electron chi connectivity index (χ2n) is 5.14. The molecule has 1 aliphatic rings. The molecule has 0 spiro atoms. The lowest BCUT2D eigenvalue weighted by Crippen LogP contribution is -2.48. The summed E-state index contributed by atoms with van der Waals surface area (Å²) in [6, 6.07) is 12.5. The summed E-state index contributed by atoms with van der Waals surface area (Å²) in [6.45, 7) is 2.06. The highest BCUT2D eigenvalue weighted by Gasteiger charge is 2.36. The molecule has 1 aromatic rings. The third-order valence-corrected chi connectivity index (χ3v) is 3.59. The summed E-state index contributed by atoms with van der Waals surface area (Å²) in [4.78, 5) is 2.28. The normalized spacial score (nSPS) is 18.0. The molecule has 102 valence electrons. The smallest absolute Gasteiger partial charge is 0.142 e. The Kier molecular flexibility index (Phi) is 4.54. The molecular formula is C15H21N3O. The van der Waals surface area contributed by atoms with E-state index in [-0.39, 0.29) is 0 Å². The van der Waals surface area contributed by atoms with Crippen molar-refractivity contribution in [2.24, 2.45) is 5.73 Å². The first-order valence-corrected chi connectivity index (χ1v) is 6.68. The van der Waals surface area contributed by atoms with Gasteiger partial charge in [-0.3, -0.25) is 4.90 Å². The second-order valence-corrected chi connectivity index (χ2v) is 5.14. The first kappa shape index (κ1) is 14.0. The Balaban J connectivity index is 2.10. The molecule has 1 atom stereocenters. The lowest BCUT2D eigenvalue weighted by molar-refractivity contribution is 0.132. The minimum atomic E-state index is -0.947. The molecule has 1 saturated carbocycles. The van der Waals surface area contributed by atoms with Crippen LogP contribution in [0.25, 0.3) is 0 Å². The highest BCUT2D eigenvalue weighted by Crippen LogP contribution is 2.29. The van der Waals surface area contributed by atoms with Crippen LogP contribution in [0.1, 0.15) is 18.4 Å². The zero-order valence-electron chi connectivity index (χ0n) is 11.4. The van der Waals surface area contributed by atoms with Gasteiger partial charge in [0, 0.05) is 26.2 Å². The monoisotopic (exact) mass is 259 g/mol. The largest absolute Gasteiger partial charge is 0.383 e. The first-order chi connectivity index (χ1) is 9.19. The van der Waals surface area contributed by atoms with Crippen molar-refractivity contribution in [2.75, 3.05) is 26.8 Å². The fourth-order valence-corrected chi connectivity index (χ4v) is 2.29. The van der Waals surface area contributed by atoms with Gasteiger partial charge in [-0.2, -0.15) is 5.26 Å². The van der Waals surface area contributed by atoms with E-state index in [0.717, 1.165) is 12.1 Å². The zero-order valence-corrected chi connectivity index (χ0v) is 11.4. The quantitative estimate of drug-likeness (QED) is 0.805. The summed E-state index contributed by atoms with van der Waals surface area (Å²) in [7, 11) is 1.70. The number of nitriles is 1. The molecule has 0 bridgehead atoms. The van der Waals surface area contributed by atoms with Crippen LogP contribution in [0.4, 0.5) is 0 Å². The molecule has 0 amide bonds. The minimum absolute atomic E-state index is 0.557. The molecule has 1 fully saturated rings. The molecule has 4 nitrogen and oxygen atoms in total. The van der Waals surface area contributed by atoms with Gasteiger partial charge in [0.1, 0.15) is 5.54 Å². The van der Waals surface area contributed by atoms with Gasteiger partial charge >= 0.3 is 0 Å². The van der Waals surface area contributed by atoms with Crippen molar-refractivity contribution >= 4 is 0 Å². The fraction of sp³-hybridized carbons (Fsp3) is 0.533. The number of nitrogens with two attached hydrogens (primary N) is 1. The first-order valence-electron chi connectivity index (χ1n) is 6.68. The van der Waals surface area contributed by atoms with Crippen molar-refractivity contribution in [1.29, 1.82) is 5.26 Å². The number of hydrogen-bond donors (Lipinski definition) is 1. The molecule has 0 saturated heterocycles. The summed E-state index contributed by atoms with van der Waals surface area (Å²) in [5.74, 6) is 0. The van der Waals surface area contributed by atoms with Gasteiger partial charge < -0.3 is 10.5 Å². The van der Waals surface area contributed by atoms with Gasteiger partial charge in [-0.15, -0.1) is 0 Å². The molecule has 19 heavy (non-hydrogen) atoms. The lowest BCUT2D eigenvalue weighted by Gasteiger charge is -2.30. The summed E-state index contributed by atoms with van der Waals surface area (Å²) in [6.07, 6.45) is 2.39. The third-order valence-electron chi connectivity index (χ3n) is 3.59. The minimum Gasteiger partial charge on any atom is -0.383 e. The van der Waals surface area contributed by atoms with Crippen molar-refractivity contribution in [3.05, 3.63) is 35.9 Å². The molecule has 0 aliphatic heterocycles. The van der Waals surface area contributed by atoms with Crippen molar-refractivity contribution in [1.82, 2.24) is 4.90 Å². The number of nitrogens with zero attached hydrogens (tertiary/aromatic N) is 2. The topological polar surface area (TPSA) is 62.3 Å². The number of ether oxygens (including phenoxy) is 1. The molecule has 0 radical (unpaired) electrons. The molecule has 0 aromatic heterocycles. The Morgan fingerprint density at radius 2 is 2.11 bits per heavy atom. The number of hydrogen-bond acceptors (Lipinski definition) is 4. The molecule has 1 unspecified atom stereocenters. The van der Waals surface area contributed by atoms with E-state index >= 15 is 0 Å². The summed E-state index contributed by atoms with van der Waals surface area (Å²) in [5.41, 5.74) is 6.24. The van der Waals surface area contributed by atoms with E-state index in [2.05, 4.69) is 11.0 Å². The maximum atomic E-state index is 9.48. The second kappa shape index (κ2) is 6.16. The Bertz CT molecular complexity index is 438. The molecule has 4 heteroatoms. The highest BCUT2D eigenvalue weighted by atomic mass is 16.5. The van der Waals surface area contributed by atoms with E-state index in [1.807, 2.05) is 30.3 Å². The van der Waals surface area contributed by atoms with Crippen molar-refractivity contribution < 1.29 is 4.74 Å². The fourth-order valence-electron chi connectivity index (χ4n) is 2.29. The van der Waals surface area contributed by atoms with Crippen molar-refractivity contribution in [3.63, 3.8) is 0 Å². The predicted octanol–water partition coefficient (Wildman–Crippen LogP) is 1.47. The van der Waals surface area contributed by atoms with Gasteiger partial charge in [-0.1, -0.05) is 30.3 Å². The summed E-state index contributed by atoms with van der Waals surface area (Å²) >= 11 is 0. The van der Waals surface area contributed by atoms with Gasteiger partial charge in [0.05, 0.1) is 12.7 Å². The Morgan fingerprint density at radius 3 is 2.63 bits per heavy atom. The molecule has 1 aromatic carbocycles. The Labute approximate surface area is 114 Å². The molecule has 2 rings (SSSR count). The van der Waals surface area contributed by atoms with Crippen LogP contribution < -0.4 is 5.73 Å². The van der Waals surface area contributed by atoms with Crippen LogP contribution in [-0.2, 0) is 10.3 Å². The predicted molar refractivity (Wildman–Crippen MR) is 74.4 cm³/mol. The zero-order chi connectivity index (χ0) is 13.7. The molecule has 2 N–H and O–H groups in total. The van der Waals surface area contributed by atoms with Gasteiger partial charge in [0.25, 0.3) is 0 Å². The van der Waals surface area contributed by atoms with Crippen LogP contribution in [0.15, 0.2) is 30.3 Å². The summed E-state index contributed by atoms with van der Waals surface area (Å²) < 4.78 is 5.14. The van der Waals surface area contributed by atoms with Crippen molar-refractivity contribution in [2.45, 2.75) is 24.4 Å². The average molecular weight is 259 g/mol. The molecular weight excluding hydrogens is 238 g/mol. The average Bonchev–Trinajstić information content (AvgIpc) is 3.29. The van der Waals surface area contributed by atoms with E-state index in [1.54, 1.807) is 7.11 Å². The van der Waals surface area contributed by atoms with E-state index in [9.17, 15) is 5.26 Å². The Morgan fingerprint density at radius 1 is 1.42 bits per heavy atom. The van der Waals surface area contributed by atoms with Crippen molar-refractivity contribution in [3.8, 4) is 6.07 Å². The standard InChI is InChI=1S/C15H21N3O/c1-19-10-9-18(14-7-8-14)12-15(17,11-16)13-5-3-2-4-6-13/h2-6,14H,7-10,12,17H2,1H3. The van der Waals surface area contributed by atoms with Gasteiger partial charge in [-0.05, 0) is 18.4 Å². The highest BCUT2D eigenvalue weighted by molar-refractivity contribution is 5.31. The number of methoxy groups -OCH3 is 1. The van der Waals surface area contributed by atoms with Crippen LogP contribution in [0.2, 0.25) is 0 Å². The Hall–Kier alpha value is -1.41. The maximum absolute atomic E-state index is 9.48. The maximum Gasteiger partial charge on any atom is 0.142 e. The number of benzene rings is 1. The van der Waals surface area contributed by atoms with Crippen LogP contribution in [0.5, 0.6) is 0 Å². The van der Waals surface area contributed by atoms with Crippen LogP contribution >= 0.6 is 0 Å². The van der Waals surface area contributed by atoms with Crippen LogP contribution in [0.3, 0.4) is 0 Å². The van der Waals surface area contributed by atoms with E-state index in [1.165, 1.54) is 12.8 Å².